The van der Waals surface area contributed by atoms with Crippen LogP contribution >= 0.6 is 11.3 Å². The molecule has 1 unspecified atom stereocenters. The Kier molecular flexibility index (Phi) is 3.64. The largest absolute Gasteiger partial charge is 0.316 e. The normalized spacial score (nSPS) is 22.2. The third kappa shape index (κ3) is 2.95. The number of nitrogens with one attached hydrogen (secondary N) is 1. The van der Waals surface area contributed by atoms with Gasteiger partial charge in [-0.25, -0.2) is 13.8 Å². The lowest BCUT2D eigenvalue weighted by atomic mass is 9.97. The van der Waals surface area contributed by atoms with E-state index in [4.69, 9.17) is 0 Å². The summed E-state index contributed by atoms with van der Waals surface area (Å²) in [5, 5.41) is 5.63. The highest BCUT2D eigenvalue weighted by atomic mass is 32.1. The van der Waals surface area contributed by atoms with Gasteiger partial charge in [-0.3, -0.25) is 0 Å². The molecule has 0 aromatic carbocycles. The maximum absolute atomic E-state index is 12.3. The average molecular weight is 232 g/mol. The van der Waals surface area contributed by atoms with Gasteiger partial charge in [-0.15, -0.1) is 11.3 Å². The van der Waals surface area contributed by atoms with Gasteiger partial charge in [0.15, 0.2) is 0 Å². The van der Waals surface area contributed by atoms with Gasteiger partial charge in [0.1, 0.15) is 5.69 Å². The number of halogens is 2. The summed E-state index contributed by atoms with van der Waals surface area (Å²) in [6.07, 6.45) is 0.762. The van der Waals surface area contributed by atoms with Crippen LogP contribution in [0.15, 0.2) is 5.38 Å². The van der Waals surface area contributed by atoms with E-state index >= 15 is 0 Å². The molecule has 2 nitrogen and oxygen atoms in total. The molecule has 1 aromatic rings. The third-order valence-electron chi connectivity index (χ3n) is 2.66. The van der Waals surface area contributed by atoms with E-state index in [2.05, 4.69) is 10.3 Å². The van der Waals surface area contributed by atoms with E-state index in [-0.39, 0.29) is 5.69 Å². The van der Waals surface area contributed by atoms with Crippen molar-refractivity contribution in [3.63, 3.8) is 0 Å². The predicted octanol–water partition coefficient (Wildman–Crippen LogP) is 2.62. The van der Waals surface area contributed by atoms with E-state index < -0.39 is 6.43 Å². The van der Waals surface area contributed by atoms with Crippen LogP contribution in [0, 0.1) is 5.92 Å². The number of piperidine rings is 1. The third-order valence-corrected chi connectivity index (χ3v) is 3.54. The molecule has 1 aromatic heterocycles. The van der Waals surface area contributed by atoms with E-state index in [1.54, 1.807) is 0 Å². The van der Waals surface area contributed by atoms with E-state index in [1.807, 2.05) is 0 Å². The predicted molar refractivity (Wildman–Crippen MR) is 56.4 cm³/mol. The fraction of sp³-hybridized carbons (Fsp3) is 0.700. The molecule has 0 aliphatic carbocycles. The Labute approximate surface area is 91.7 Å². The second-order valence-electron chi connectivity index (χ2n) is 3.88. The van der Waals surface area contributed by atoms with Crippen LogP contribution < -0.4 is 5.32 Å². The van der Waals surface area contributed by atoms with Gasteiger partial charge >= 0.3 is 0 Å². The van der Waals surface area contributed by atoms with Gasteiger partial charge in [0.05, 0.1) is 5.01 Å². The number of hydrogen-bond acceptors (Lipinski definition) is 3. The Morgan fingerprint density at radius 1 is 1.60 bits per heavy atom. The number of rotatable bonds is 3. The minimum absolute atomic E-state index is 0.0706. The fourth-order valence-corrected chi connectivity index (χ4v) is 2.77. The molecule has 1 fully saturated rings. The molecule has 0 saturated carbocycles. The maximum atomic E-state index is 12.3. The van der Waals surface area contributed by atoms with Gasteiger partial charge in [-0.2, -0.15) is 0 Å². The monoisotopic (exact) mass is 232 g/mol. The molecule has 0 radical (unpaired) electrons. The molecule has 2 rings (SSSR count). The van der Waals surface area contributed by atoms with E-state index in [1.165, 1.54) is 29.6 Å². The summed E-state index contributed by atoms with van der Waals surface area (Å²) in [6.45, 7) is 2.07. The lowest BCUT2D eigenvalue weighted by molar-refractivity contribution is 0.146. The van der Waals surface area contributed by atoms with Crippen molar-refractivity contribution in [3.05, 3.63) is 16.1 Å². The summed E-state index contributed by atoms with van der Waals surface area (Å²) < 4.78 is 24.6. The molecule has 1 atom stereocenters. The van der Waals surface area contributed by atoms with Crippen LogP contribution in [-0.2, 0) is 6.42 Å². The molecule has 1 saturated heterocycles. The zero-order valence-corrected chi connectivity index (χ0v) is 9.20. The van der Waals surface area contributed by atoms with Crippen molar-refractivity contribution < 1.29 is 8.78 Å². The fourth-order valence-electron chi connectivity index (χ4n) is 1.86. The van der Waals surface area contributed by atoms with Crippen LogP contribution in [0.3, 0.4) is 0 Å². The lowest BCUT2D eigenvalue weighted by Crippen LogP contribution is -2.30. The molecular weight excluding hydrogens is 218 g/mol. The molecule has 5 heteroatoms. The summed E-state index contributed by atoms with van der Waals surface area (Å²) in [6, 6.07) is 0. The highest BCUT2D eigenvalue weighted by Gasteiger charge is 2.17. The van der Waals surface area contributed by atoms with E-state index in [0.717, 1.165) is 24.5 Å². The highest BCUT2D eigenvalue weighted by molar-refractivity contribution is 7.09. The number of alkyl halides is 2. The van der Waals surface area contributed by atoms with Gasteiger partial charge in [-0.05, 0) is 31.8 Å². The first kappa shape index (κ1) is 11.0. The van der Waals surface area contributed by atoms with Crippen LogP contribution in [0.5, 0.6) is 0 Å². The van der Waals surface area contributed by atoms with E-state index in [0.29, 0.717) is 5.92 Å². The summed E-state index contributed by atoms with van der Waals surface area (Å²) in [4.78, 5) is 3.94. The van der Waals surface area contributed by atoms with Crippen LogP contribution in [0.2, 0.25) is 0 Å². The Hall–Kier alpha value is -0.550. The Morgan fingerprint density at radius 2 is 2.47 bits per heavy atom. The smallest absolute Gasteiger partial charge is 0.281 e. The van der Waals surface area contributed by atoms with Gasteiger partial charge in [0.2, 0.25) is 0 Å². The minimum Gasteiger partial charge on any atom is -0.316 e. The highest BCUT2D eigenvalue weighted by Crippen LogP contribution is 2.24. The van der Waals surface area contributed by atoms with Crippen molar-refractivity contribution in [2.24, 2.45) is 5.92 Å². The van der Waals surface area contributed by atoms with Crippen molar-refractivity contribution >= 4 is 11.3 Å². The van der Waals surface area contributed by atoms with Crippen molar-refractivity contribution in [1.82, 2.24) is 10.3 Å². The Balaban J connectivity index is 1.91. The number of thiazole rings is 1. The molecule has 1 aliphatic rings. The Morgan fingerprint density at radius 3 is 3.07 bits per heavy atom. The van der Waals surface area contributed by atoms with Crippen LogP contribution in [-0.4, -0.2) is 18.1 Å². The van der Waals surface area contributed by atoms with E-state index in [9.17, 15) is 8.78 Å². The van der Waals surface area contributed by atoms with Crippen molar-refractivity contribution in [3.8, 4) is 0 Å². The zero-order valence-electron chi connectivity index (χ0n) is 8.38. The first-order valence-electron chi connectivity index (χ1n) is 5.19. The van der Waals surface area contributed by atoms with Crippen LogP contribution in [0.4, 0.5) is 8.78 Å². The molecule has 1 aliphatic heterocycles. The maximum Gasteiger partial charge on any atom is 0.281 e. The van der Waals surface area contributed by atoms with Gasteiger partial charge in [0, 0.05) is 11.8 Å². The first-order valence-corrected chi connectivity index (χ1v) is 6.07. The summed E-state index contributed by atoms with van der Waals surface area (Å²) in [7, 11) is 0. The summed E-state index contributed by atoms with van der Waals surface area (Å²) in [5.74, 6) is 0.565. The molecule has 2 heterocycles. The number of aromatic nitrogens is 1. The quantitative estimate of drug-likeness (QED) is 0.866. The van der Waals surface area contributed by atoms with Gasteiger partial charge in [-0.1, -0.05) is 0 Å². The van der Waals surface area contributed by atoms with Crippen LogP contribution in [0.25, 0.3) is 0 Å². The molecule has 0 amide bonds. The summed E-state index contributed by atoms with van der Waals surface area (Å²) in [5.41, 5.74) is -0.0706. The lowest BCUT2D eigenvalue weighted by Gasteiger charge is -2.21. The van der Waals surface area contributed by atoms with Crippen LogP contribution in [0.1, 0.15) is 30.0 Å². The molecule has 0 spiro atoms. The molecular formula is C10H14F2N2S. The van der Waals surface area contributed by atoms with Crippen molar-refractivity contribution in [1.29, 1.82) is 0 Å². The van der Waals surface area contributed by atoms with Crippen molar-refractivity contribution in [2.75, 3.05) is 13.1 Å². The molecule has 0 bridgehead atoms. The van der Waals surface area contributed by atoms with Gasteiger partial charge < -0.3 is 5.32 Å². The summed E-state index contributed by atoms with van der Waals surface area (Å²) >= 11 is 1.35. The molecule has 1 N–H and O–H groups in total. The number of nitrogens with zero attached hydrogens (tertiary/aromatic N) is 1. The standard InChI is InChI=1S/C10H14F2N2S/c11-10(12)8-6-15-9(14-8)4-7-2-1-3-13-5-7/h6-7,10,13H,1-5H2. The first-order chi connectivity index (χ1) is 7.25. The number of hydrogen-bond donors (Lipinski definition) is 1. The van der Waals surface area contributed by atoms with Gasteiger partial charge in [0.25, 0.3) is 6.43 Å². The topological polar surface area (TPSA) is 24.9 Å². The Bertz CT molecular complexity index is 308. The van der Waals surface area contributed by atoms with Crippen molar-refractivity contribution in [2.45, 2.75) is 25.7 Å². The SMILES string of the molecule is FC(F)c1csc(CC2CCCNC2)n1. The zero-order chi connectivity index (χ0) is 10.7. The second kappa shape index (κ2) is 4.99. The minimum atomic E-state index is -2.43. The average Bonchev–Trinajstić information content (AvgIpc) is 2.68. The second-order valence-corrected chi connectivity index (χ2v) is 4.83. The molecule has 84 valence electrons. The molecule has 15 heavy (non-hydrogen) atoms.